The highest BCUT2D eigenvalue weighted by atomic mass is 28.3. The summed E-state index contributed by atoms with van der Waals surface area (Å²) in [5.41, 5.74) is 0.210. The van der Waals surface area contributed by atoms with Crippen LogP contribution in [0.25, 0.3) is 0 Å². The Bertz CT molecular complexity index is 119. The Balaban J connectivity index is 3.99. The van der Waals surface area contributed by atoms with Gasteiger partial charge in [-0.25, -0.2) is 0 Å². The zero-order chi connectivity index (χ0) is 9.28. The van der Waals surface area contributed by atoms with Crippen molar-refractivity contribution in [3.63, 3.8) is 0 Å². The van der Waals surface area contributed by atoms with Crippen LogP contribution in [0.1, 0.15) is 27.2 Å². The number of aliphatic hydroxyl groups excluding tert-OH is 1. The van der Waals surface area contributed by atoms with E-state index in [1.165, 1.54) is 0 Å². The van der Waals surface area contributed by atoms with Gasteiger partial charge < -0.3 is 5.11 Å². The van der Waals surface area contributed by atoms with Gasteiger partial charge in [0.2, 0.25) is 0 Å². The summed E-state index contributed by atoms with van der Waals surface area (Å²) in [5, 5.41) is 9.78. The summed E-state index contributed by atoms with van der Waals surface area (Å²) in [6.45, 7) is 13.2. The van der Waals surface area contributed by atoms with E-state index in [1.807, 2.05) is 0 Å². The molecule has 0 saturated heterocycles. The first kappa shape index (κ1) is 11.2. The van der Waals surface area contributed by atoms with E-state index in [0.29, 0.717) is 0 Å². The summed E-state index contributed by atoms with van der Waals surface area (Å²) < 4.78 is 0. The number of rotatable bonds is 2. The molecular formula is C9H22OSi. The van der Waals surface area contributed by atoms with E-state index in [2.05, 4.69) is 40.4 Å². The first-order valence-electron chi connectivity index (χ1n) is 4.31. The predicted molar refractivity (Wildman–Crippen MR) is 53.4 cm³/mol. The summed E-state index contributed by atoms with van der Waals surface area (Å²) in [5.74, 6) is 0. The molecule has 1 unspecified atom stereocenters. The van der Waals surface area contributed by atoms with Crippen molar-refractivity contribution in [2.75, 3.05) is 0 Å². The molecule has 0 saturated carbocycles. The third-order valence-electron chi connectivity index (χ3n) is 1.81. The van der Waals surface area contributed by atoms with Crippen LogP contribution in [0.4, 0.5) is 0 Å². The summed E-state index contributed by atoms with van der Waals surface area (Å²) in [6, 6.07) is 0. The maximum Gasteiger partial charge on any atom is 0.0781 e. The highest BCUT2D eigenvalue weighted by molar-refractivity contribution is 6.77. The van der Waals surface area contributed by atoms with Gasteiger partial charge in [0.05, 0.1) is 8.07 Å². The van der Waals surface area contributed by atoms with Crippen LogP contribution < -0.4 is 0 Å². The molecule has 0 spiro atoms. The molecule has 11 heavy (non-hydrogen) atoms. The average Bonchev–Trinajstić information content (AvgIpc) is 1.56. The summed E-state index contributed by atoms with van der Waals surface area (Å²) in [7, 11) is -1.31. The third-order valence-corrected chi connectivity index (χ3v) is 4.01. The molecule has 0 aromatic heterocycles. The molecule has 0 aromatic rings. The minimum absolute atomic E-state index is 0.0532. The largest absolute Gasteiger partial charge is 0.397 e. The van der Waals surface area contributed by atoms with Gasteiger partial charge in [-0.05, 0) is 11.8 Å². The molecule has 0 aliphatic rings. The fraction of sp³-hybridized carbons (Fsp3) is 1.00. The second-order valence-corrected chi connectivity index (χ2v) is 11.0. The SMILES string of the molecule is CC(C)(C)CC(O)[Si](C)(C)C. The van der Waals surface area contributed by atoms with Crippen LogP contribution >= 0.6 is 0 Å². The molecule has 2 heteroatoms. The van der Waals surface area contributed by atoms with Gasteiger partial charge in [-0.15, -0.1) is 0 Å². The van der Waals surface area contributed by atoms with E-state index in [-0.39, 0.29) is 11.1 Å². The topological polar surface area (TPSA) is 20.2 Å². The van der Waals surface area contributed by atoms with Gasteiger partial charge in [-0.1, -0.05) is 40.4 Å². The third kappa shape index (κ3) is 5.45. The van der Waals surface area contributed by atoms with Crippen LogP contribution in [0.15, 0.2) is 0 Å². The van der Waals surface area contributed by atoms with Crippen molar-refractivity contribution in [1.82, 2.24) is 0 Å². The zero-order valence-electron chi connectivity index (χ0n) is 8.73. The van der Waals surface area contributed by atoms with Crippen molar-refractivity contribution >= 4 is 8.07 Å². The quantitative estimate of drug-likeness (QED) is 0.638. The smallest absolute Gasteiger partial charge is 0.0781 e. The lowest BCUT2D eigenvalue weighted by Crippen LogP contribution is -2.40. The molecule has 0 bridgehead atoms. The molecule has 1 atom stereocenters. The molecule has 0 fully saturated rings. The van der Waals surface area contributed by atoms with Crippen molar-refractivity contribution in [3.05, 3.63) is 0 Å². The highest BCUT2D eigenvalue weighted by Crippen LogP contribution is 2.24. The molecule has 68 valence electrons. The predicted octanol–water partition coefficient (Wildman–Crippen LogP) is 2.66. The Hall–Kier alpha value is 0.177. The van der Waals surface area contributed by atoms with Gasteiger partial charge in [0.1, 0.15) is 0 Å². The van der Waals surface area contributed by atoms with Gasteiger partial charge in [0.25, 0.3) is 0 Å². The van der Waals surface area contributed by atoms with Crippen LogP contribution in [0.3, 0.4) is 0 Å². The number of hydrogen-bond acceptors (Lipinski definition) is 1. The fourth-order valence-electron chi connectivity index (χ4n) is 0.886. The van der Waals surface area contributed by atoms with Crippen LogP contribution in [0.5, 0.6) is 0 Å². The van der Waals surface area contributed by atoms with Crippen LogP contribution in [0.2, 0.25) is 19.6 Å². The molecule has 0 rings (SSSR count). The standard InChI is InChI=1S/C9H22OSi/c1-9(2,3)7-8(10)11(4,5)6/h8,10H,7H2,1-6H3. The van der Waals surface area contributed by atoms with Gasteiger partial charge in [-0.2, -0.15) is 0 Å². The molecule has 0 aliphatic heterocycles. The molecule has 0 aliphatic carbocycles. The van der Waals surface area contributed by atoms with E-state index in [9.17, 15) is 5.11 Å². The van der Waals surface area contributed by atoms with Gasteiger partial charge in [-0.3, -0.25) is 0 Å². The molecular weight excluding hydrogens is 152 g/mol. The Kier molecular flexibility index (Phi) is 3.33. The van der Waals surface area contributed by atoms with E-state index >= 15 is 0 Å². The van der Waals surface area contributed by atoms with Crippen molar-refractivity contribution in [3.8, 4) is 0 Å². The summed E-state index contributed by atoms with van der Waals surface area (Å²) >= 11 is 0. The van der Waals surface area contributed by atoms with E-state index < -0.39 is 8.07 Å². The number of hydrogen-bond donors (Lipinski definition) is 1. The van der Waals surface area contributed by atoms with E-state index in [0.717, 1.165) is 6.42 Å². The fourth-order valence-corrected chi connectivity index (χ4v) is 2.11. The molecule has 0 radical (unpaired) electrons. The average molecular weight is 174 g/mol. The molecule has 0 aromatic carbocycles. The minimum Gasteiger partial charge on any atom is -0.397 e. The molecule has 1 N–H and O–H groups in total. The Morgan fingerprint density at radius 1 is 1.18 bits per heavy atom. The van der Waals surface area contributed by atoms with Crippen LogP contribution in [0, 0.1) is 5.41 Å². The van der Waals surface area contributed by atoms with E-state index in [1.54, 1.807) is 0 Å². The van der Waals surface area contributed by atoms with Gasteiger partial charge in [0, 0.05) is 5.73 Å². The summed E-state index contributed by atoms with van der Waals surface area (Å²) in [6.07, 6.45) is 0.933. The first-order chi connectivity index (χ1) is 4.63. The highest BCUT2D eigenvalue weighted by Gasteiger charge is 2.28. The lowest BCUT2D eigenvalue weighted by molar-refractivity contribution is 0.179. The maximum atomic E-state index is 9.78. The van der Waals surface area contributed by atoms with Crippen LogP contribution in [-0.4, -0.2) is 18.9 Å². The lowest BCUT2D eigenvalue weighted by Gasteiger charge is -2.30. The van der Waals surface area contributed by atoms with Crippen molar-refractivity contribution in [2.24, 2.45) is 5.41 Å². The van der Waals surface area contributed by atoms with Gasteiger partial charge >= 0.3 is 0 Å². The second-order valence-electron chi connectivity index (χ2n) is 5.65. The molecule has 0 heterocycles. The Labute approximate surface area is 71.8 Å². The molecule has 0 amide bonds. The van der Waals surface area contributed by atoms with Gasteiger partial charge in [0.15, 0.2) is 0 Å². The van der Waals surface area contributed by atoms with Crippen molar-refractivity contribution in [2.45, 2.75) is 52.6 Å². The maximum absolute atomic E-state index is 9.78. The lowest BCUT2D eigenvalue weighted by atomic mass is 9.93. The van der Waals surface area contributed by atoms with E-state index in [4.69, 9.17) is 0 Å². The second kappa shape index (κ2) is 3.28. The van der Waals surface area contributed by atoms with Crippen molar-refractivity contribution in [1.29, 1.82) is 0 Å². The van der Waals surface area contributed by atoms with Crippen molar-refractivity contribution < 1.29 is 5.11 Å². The minimum atomic E-state index is -1.31. The molecule has 1 nitrogen and oxygen atoms in total. The Morgan fingerprint density at radius 3 is 1.64 bits per heavy atom. The summed E-state index contributed by atoms with van der Waals surface area (Å²) in [4.78, 5) is 0. The number of aliphatic hydroxyl groups is 1. The Morgan fingerprint density at radius 2 is 1.55 bits per heavy atom. The monoisotopic (exact) mass is 174 g/mol. The van der Waals surface area contributed by atoms with Crippen LogP contribution in [-0.2, 0) is 0 Å². The first-order valence-corrected chi connectivity index (χ1v) is 7.89. The normalized spacial score (nSPS) is 16.6. The zero-order valence-corrected chi connectivity index (χ0v) is 9.73.